The minimum absolute atomic E-state index is 0.189. The Hall–Kier alpha value is -1.54. The van der Waals surface area contributed by atoms with Crippen LogP contribution in [0.3, 0.4) is 0 Å². The molecular weight excluding hydrogens is 230 g/mol. The SMILES string of the molecule is N#C/C(=C/NC1CCCC1)C(=O)N1CCOCC1. The number of rotatable bonds is 3. The molecule has 0 aromatic rings. The zero-order chi connectivity index (χ0) is 12.8. The highest BCUT2D eigenvalue weighted by atomic mass is 16.5. The summed E-state index contributed by atoms with van der Waals surface area (Å²) in [5.41, 5.74) is 0.198. The Labute approximate surface area is 107 Å². The lowest BCUT2D eigenvalue weighted by Gasteiger charge is -2.26. The van der Waals surface area contributed by atoms with Gasteiger partial charge in [-0.15, -0.1) is 0 Å². The lowest BCUT2D eigenvalue weighted by molar-refractivity contribution is -0.130. The zero-order valence-corrected chi connectivity index (χ0v) is 10.5. The summed E-state index contributed by atoms with van der Waals surface area (Å²) in [6, 6.07) is 2.41. The van der Waals surface area contributed by atoms with Crippen LogP contribution in [0.1, 0.15) is 25.7 Å². The summed E-state index contributed by atoms with van der Waals surface area (Å²) in [4.78, 5) is 13.7. The van der Waals surface area contributed by atoms with Gasteiger partial charge in [-0.2, -0.15) is 5.26 Å². The van der Waals surface area contributed by atoms with Crippen LogP contribution < -0.4 is 5.32 Å². The molecule has 0 atom stereocenters. The van der Waals surface area contributed by atoms with Crippen LogP contribution in [0.15, 0.2) is 11.8 Å². The summed E-state index contributed by atoms with van der Waals surface area (Å²) in [6.45, 7) is 2.25. The molecule has 2 fully saturated rings. The predicted octanol–water partition coefficient (Wildman–Crippen LogP) is 0.785. The van der Waals surface area contributed by atoms with E-state index in [1.807, 2.05) is 6.07 Å². The molecule has 2 rings (SSSR count). The monoisotopic (exact) mass is 249 g/mol. The van der Waals surface area contributed by atoms with Gasteiger partial charge in [0.1, 0.15) is 11.6 Å². The lowest BCUT2D eigenvalue weighted by Crippen LogP contribution is -2.41. The van der Waals surface area contributed by atoms with Crippen molar-refractivity contribution in [3.05, 3.63) is 11.8 Å². The highest BCUT2D eigenvalue weighted by molar-refractivity contribution is 5.97. The number of ether oxygens (including phenoxy) is 1. The van der Waals surface area contributed by atoms with E-state index < -0.39 is 0 Å². The van der Waals surface area contributed by atoms with Gasteiger partial charge in [-0.3, -0.25) is 4.79 Å². The summed E-state index contributed by atoms with van der Waals surface area (Å²) in [6.07, 6.45) is 6.30. The van der Waals surface area contributed by atoms with Crippen molar-refractivity contribution in [2.24, 2.45) is 0 Å². The molecule has 18 heavy (non-hydrogen) atoms. The van der Waals surface area contributed by atoms with Gasteiger partial charge in [0.15, 0.2) is 0 Å². The van der Waals surface area contributed by atoms with Crippen LogP contribution in [-0.4, -0.2) is 43.2 Å². The fourth-order valence-electron chi connectivity index (χ4n) is 2.37. The van der Waals surface area contributed by atoms with Crippen LogP contribution in [-0.2, 0) is 9.53 Å². The molecule has 2 aliphatic rings. The van der Waals surface area contributed by atoms with E-state index in [1.165, 1.54) is 12.8 Å². The van der Waals surface area contributed by atoms with Crippen molar-refractivity contribution in [3.63, 3.8) is 0 Å². The van der Waals surface area contributed by atoms with Crippen LogP contribution >= 0.6 is 0 Å². The highest BCUT2D eigenvalue weighted by Gasteiger charge is 2.21. The molecule has 1 saturated carbocycles. The molecule has 5 nitrogen and oxygen atoms in total. The molecule has 1 heterocycles. The Morgan fingerprint density at radius 1 is 1.33 bits per heavy atom. The minimum atomic E-state index is -0.189. The molecule has 98 valence electrons. The molecule has 0 unspecified atom stereocenters. The maximum Gasteiger partial charge on any atom is 0.266 e. The number of hydrogen-bond donors (Lipinski definition) is 1. The Balaban J connectivity index is 1.91. The zero-order valence-electron chi connectivity index (χ0n) is 10.5. The van der Waals surface area contributed by atoms with Gasteiger partial charge < -0.3 is 15.0 Å². The first-order valence-electron chi connectivity index (χ1n) is 6.54. The number of carbonyl (C=O) groups excluding carboxylic acids is 1. The summed E-state index contributed by atoms with van der Waals surface area (Å²) in [5.74, 6) is -0.189. The average molecular weight is 249 g/mol. The predicted molar refractivity (Wildman–Crippen MR) is 66.5 cm³/mol. The van der Waals surface area contributed by atoms with Crippen LogP contribution in [0.4, 0.5) is 0 Å². The summed E-state index contributed by atoms with van der Waals surface area (Å²) < 4.78 is 5.19. The fraction of sp³-hybridized carbons (Fsp3) is 0.692. The van der Waals surface area contributed by atoms with E-state index in [9.17, 15) is 4.79 Å². The molecule has 1 saturated heterocycles. The van der Waals surface area contributed by atoms with E-state index in [-0.39, 0.29) is 11.5 Å². The fourth-order valence-corrected chi connectivity index (χ4v) is 2.37. The van der Waals surface area contributed by atoms with Crippen molar-refractivity contribution in [2.75, 3.05) is 26.3 Å². The maximum absolute atomic E-state index is 12.1. The molecule has 1 amide bonds. The number of amides is 1. The van der Waals surface area contributed by atoms with E-state index in [0.29, 0.717) is 32.3 Å². The van der Waals surface area contributed by atoms with Gasteiger partial charge in [-0.25, -0.2) is 0 Å². The third kappa shape index (κ3) is 3.23. The van der Waals surface area contributed by atoms with Crippen molar-refractivity contribution in [1.29, 1.82) is 5.26 Å². The molecule has 0 aromatic carbocycles. The smallest absolute Gasteiger partial charge is 0.266 e. The largest absolute Gasteiger partial charge is 0.387 e. The summed E-state index contributed by atoms with van der Waals surface area (Å²) in [7, 11) is 0. The van der Waals surface area contributed by atoms with Gasteiger partial charge in [0.25, 0.3) is 5.91 Å². The third-order valence-corrected chi connectivity index (χ3v) is 3.47. The Bertz CT molecular complexity index is 361. The average Bonchev–Trinajstić information content (AvgIpc) is 2.93. The molecule has 1 N–H and O–H groups in total. The second-order valence-corrected chi connectivity index (χ2v) is 4.72. The van der Waals surface area contributed by atoms with E-state index in [4.69, 9.17) is 10.00 Å². The first-order chi connectivity index (χ1) is 8.81. The molecule has 0 radical (unpaired) electrons. The highest BCUT2D eigenvalue weighted by Crippen LogP contribution is 2.17. The van der Waals surface area contributed by atoms with E-state index in [0.717, 1.165) is 12.8 Å². The topological polar surface area (TPSA) is 65.4 Å². The number of nitrogens with one attached hydrogen (secondary N) is 1. The van der Waals surface area contributed by atoms with Crippen molar-refractivity contribution in [1.82, 2.24) is 10.2 Å². The van der Waals surface area contributed by atoms with Crippen molar-refractivity contribution in [2.45, 2.75) is 31.7 Å². The number of morpholine rings is 1. The van der Waals surface area contributed by atoms with Crippen molar-refractivity contribution in [3.8, 4) is 6.07 Å². The first kappa shape index (κ1) is 12.9. The second kappa shape index (κ2) is 6.41. The summed E-state index contributed by atoms with van der Waals surface area (Å²) in [5, 5.41) is 12.3. The molecule has 1 aliphatic heterocycles. The molecule has 0 spiro atoms. The standard InChI is InChI=1S/C13H19N3O2/c14-9-11(10-15-12-3-1-2-4-12)13(17)16-5-7-18-8-6-16/h10,12,15H,1-8H2/b11-10-. The molecule has 1 aliphatic carbocycles. The van der Waals surface area contributed by atoms with E-state index >= 15 is 0 Å². The van der Waals surface area contributed by atoms with Gasteiger partial charge in [0.05, 0.1) is 13.2 Å². The first-order valence-corrected chi connectivity index (χ1v) is 6.54. The van der Waals surface area contributed by atoms with Gasteiger partial charge in [-0.1, -0.05) is 12.8 Å². The number of nitrogens with zero attached hydrogens (tertiary/aromatic N) is 2. The lowest BCUT2D eigenvalue weighted by atomic mass is 10.2. The third-order valence-electron chi connectivity index (χ3n) is 3.47. The Morgan fingerprint density at radius 2 is 2.00 bits per heavy atom. The van der Waals surface area contributed by atoms with Crippen LogP contribution in [0.5, 0.6) is 0 Å². The maximum atomic E-state index is 12.1. The quantitative estimate of drug-likeness (QED) is 0.593. The summed E-state index contributed by atoms with van der Waals surface area (Å²) >= 11 is 0. The van der Waals surface area contributed by atoms with Crippen molar-refractivity contribution >= 4 is 5.91 Å². The van der Waals surface area contributed by atoms with Crippen LogP contribution in [0, 0.1) is 11.3 Å². The van der Waals surface area contributed by atoms with E-state index in [1.54, 1.807) is 11.1 Å². The van der Waals surface area contributed by atoms with Gasteiger partial charge >= 0.3 is 0 Å². The van der Waals surface area contributed by atoms with Gasteiger partial charge in [0.2, 0.25) is 0 Å². The Kier molecular flexibility index (Phi) is 4.59. The molecule has 5 heteroatoms. The number of carbonyl (C=O) groups is 1. The van der Waals surface area contributed by atoms with Crippen molar-refractivity contribution < 1.29 is 9.53 Å². The molecule has 0 bridgehead atoms. The van der Waals surface area contributed by atoms with Gasteiger partial charge in [-0.05, 0) is 12.8 Å². The van der Waals surface area contributed by atoms with Crippen LogP contribution in [0.2, 0.25) is 0 Å². The van der Waals surface area contributed by atoms with Crippen LogP contribution in [0.25, 0.3) is 0 Å². The number of hydrogen-bond acceptors (Lipinski definition) is 4. The molecule has 0 aromatic heterocycles. The number of nitriles is 1. The molecular formula is C13H19N3O2. The minimum Gasteiger partial charge on any atom is -0.387 e. The van der Waals surface area contributed by atoms with Gasteiger partial charge in [0, 0.05) is 25.3 Å². The van der Waals surface area contributed by atoms with E-state index in [2.05, 4.69) is 5.32 Å². The second-order valence-electron chi connectivity index (χ2n) is 4.72. The normalized spacial score (nSPS) is 21.7. The Morgan fingerprint density at radius 3 is 2.61 bits per heavy atom.